The Hall–Kier alpha value is -3.22. The molecule has 0 aliphatic heterocycles. The number of benzene rings is 1. The highest BCUT2D eigenvalue weighted by Gasteiger charge is 2.16. The Labute approximate surface area is 197 Å². The van der Waals surface area contributed by atoms with Gasteiger partial charge in [0.15, 0.2) is 11.5 Å². The lowest BCUT2D eigenvalue weighted by molar-refractivity contribution is 0.411. The lowest BCUT2D eigenvalue weighted by atomic mass is 9.87. The number of rotatable bonds is 10. The third-order valence-corrected chi connectivity index (χ3v) is 5.59. The van der Waals surface area contributed by atoms with Crippen molar-refractivity contribution in [3.63, 3.8) is 0 Å². The number of imidazole rings is 1. The van der Waals surface area contributed by atoms with Crippen molar-refractivity contribution in [2.24, 2.45) is 17.5 Å². The number of aliphatic imine (C=N–C) groups is 1. The maximum Gasteiger partial charge on any atom is 0.227 e. The van der Waals surface area contributed by atoms with Crippen LogP contribution in [-0.4, -0.2) is 39.3 Å². The van der Waals surface area contributed by atoms with Gasteiger partial charge in [0.25, 0.3) is 0 Å². The van der Waals surface area contributed by atoms with Gasteiger partial charge in [0.05, 0.1) is 6.33 Å². The zero-order valence-electron chi connectivity index (χ0n) is 20.9. The Morgan fingerprint density at radius 2 is 2.03 bits per heavy atom. The molecule has 176 valence electrons. The summed E-state index contributed by atoms with van der Waals surface area (Å²) in [5, 5.41) is 6.97. The van der Waals surface area contributed by atoms with Gasteiger partial charge in [-0.1, -0.05) is 51.5 Å². The Kier molecular flexibility index (Phi) is 7.84. The van der Waals surface area contributed by atoms with Gasteiger partial charge in [-0.05, 0) is 55.5 Å². The summed E-state index contributed by atoms with van der Waals surface area (Å²) in [5.74, 6) is 1.30. The van der Waals surface area contributed by atoms with Crippen molar-refractivity contribution in [2.75, 3.05) is 23.7 Å². The van der Waals surface area contributed by atoms with Gasteiger partial charge in [0, 0.05) is 25.8 Å². The fourth-order valence-electron chi connectivity index (χ4n) is 3.87. The summed E-state index contributed by atoms with van der Waals surface area (Å²) in [7, 11) is 1.97. The van der Waals surface area contributed by atoms with Gasteiger partial charge in [-0.25, -0.2) is 4.98 Å². The molecule has 33 heavy (non-hydrogen) atoms. The fourth-order valence-corrected chi connectivity index (χ4v) is 3.87. The average Bonchev–Trinajstić information content (AvgIpc) is 3.14. The van der Waals surface area contributed by atoms with E-state index in [1.165, 1.54) is 16.7 Å². The largest absolute Gasteiger partial charge is 0.350 e. The van der Waals surface area contributed by atoms with Gasteiger partial charge < -0.3 is 20.2 Å². The highest BCUT2D eigenvalue weighted by Crippen LogP contribution is 2.29. The van der Waals surface area contributed by atoms with Crippen molar-refractivity contribution < 1.29 is 0 Å². The standard InChI is InChI=1S/C26H37N7/c1-8-18(12-13-27-6)16-28-25-31-23-22(33(7)17-29-23)24(32-25)30-21-14-19(15-26(3,4)5)10-11-20(21)9-2/h8,10-11,14,17H,6,9,12-13,15-16H2,1-5,7H3,(H2,28,30,31,32). The molecule has 3 rings (SSSR count). The molecule has 0 atom stereocenters. The minimum atomic E-state index is 0.220. The van der Waals surface area contributed by atoms with Crippen LogP contribution in [0.1, 0.15) is 52.2 Å². The summed E-state index contributed by atoms with van der Waals surface area (Å²) in [5.41, 5.74) is 6.65. The van der Waals surface area contributed by atoms with Gasteiger partial charge in [-0.15, -0.1) is 0 Å². The predicted octanol–water partition coefficient (Wildman–Crippen LogP) is 5.71. The fraction of sp³-hybridized carbons (Fsp3) is 0.462. The number of aromatic nitrogens is 4. The van der Waals surface area contributed by atoms with E-state index in [-0.39, 0.29) is 5.41 Å². The van der Waals surface area contributed by atoms with Crippen molar-refractivity contribution in [2.45, 2.75) is 53.9 Å². The second-order valence-electron chi connectivity index (χ2n) is 9.63. The molecule has 0 fully saturated rings. The third kappa shape index (κ3) is 6.40. The highest BCUT2D eigenvalue weighted by molar-refractivity contribution is 5.87. The van der Waals surface area contributed by atoms with Crippen molar-refractivity contribution >= 4 is 35.3 Å². The molecule has 3 aromatic rings. The maximum absolute atomic E-state index is 4.84. The predicted molar refractivity (Wildman–Crippen MR) is 140 cm³/mol. The first kappa shape index (κ1) is 24.4. The molecule has 0 aliphatic rings. The summed E-state index contributed by atoms with van der Waals surface area (Å²) < 4.78 is 1.96. The van der Waals surface area contributed by atoms with Crippen LogP contribution < -0.4 is 10.6 Å². The number of aryl methyl sites for hydroxylation is 2. The molecular weight excluding hydrogens is 410 g/mol. The number of hydrogen-bond acceptors (Lipinski definition) is 6. The topological polar surface area (TPSA) is 80.0 Å². The second kappa shape index (κ2) is 10.6. The van der Waals surface area contributed by atoms with Crippen LogP contribution >= 0.6 is 0 Å². The second-order valence-corrected chi connectivity index (χ2v) is 9.63. The van der Waals surface area contributed by atoms with E-state index in [4.69, 9.17) is 4.98 Å². The lowest BCUT2D eigenvalue weighted by Crippen LogP contribution is -2.11. The van der Waals surface area contributed by atoms with E-state index >= 15 is 0 Å². The van der Waals surface area contributed by atoms with Crippen LogP contribution in [0.3, 0.4) is 0 Å². The van der Waals surface area contributed by atoms with Gasteiger partial charge in [0.1, 0.15) is 5.52 Å². The monoisotopic (exact) mass is 447 g/mol. The van der Waals surface area contributed by atoms with E-state index in [9.17, 15) is 0 Å². The number of anilines is 3. The molecule has 0 unspecified atom stereocenters. The van der Waals surface area contributed by atoms with Crippen LogP contribution in [0.4, 0.5) is 17.5 Å². The van der Waals surface area contributed by atoms with Gasteiger partial charge >= 0.3 is 0 Å². The van der Waals surface area contributed by atoms with E-state index < -0.39 is 0 Å². The van der Waals surface area contributed by atoms with E-state index in [2.05, 4.69) is 84.3 Å². The summed E-state index contributed by atoms with van der Waals surface area (Å²) in [4.78, 5) is 17.9. The van der Waals surface area contributed by atoms with Gasteiger partial charge in [0.2, 0.25) is 5.95 Å². The van der Waals surface area contributed by atoms with Crippen LogP contribution in [0.15, 0.2) is 41.2 Å². The van der Waals surface area contributed by atoms with Crippen LogP contribution in [-0.2, 0) is 19.9 Å². The SMILES string of the molecule is C=NCCC(=CC)CNc1nc(Nc2cc(CC(C)(C)C)ccc2CC)c2c(ncn2C)n1. The van der Waals surface area contributed by atoms with E-state index in [0.29, 0.717) is 24.7 Å². The molecule has 0 amide bonds. The van der Waals surface area contributed by atoms with Crippen LogP contribution in [0, 0.1) is 5.41 Å². The number of nitrogens with one attached hydrogen (secondary N) is 2. The quantitative estimate of drug-likeness (QED) is 0.307. The average molecular weight is 448 g/mol. The van der Waals surface area contributed by atoms with Crippen molar-refractivity contribution in [1.82, 2.24) is 19.5 Å². The Balaban J connectivity index is 1.95. The maximum atomic E-state index is 4.84. The normalized spacial score (nSPS) is 12.2. The summed E-state index contributed by atoms with van der Waals surface area (Å²) >= 11 is 0. The summed E-state index contributed by atoms with van der Waals surface area (Å²) in [6.45, 7) is 15.9. The molecule has 0 spiro atoms. The van der Waals surface area contributed by atoms with E-state index in [1.807, 2.05) is 18.5 Å². The lowest BCUT2D eigenvalue weighted by Gasteiger charge is -2.20. The van der Waals surface area contributed by atoms with E-state index in [0.717, 1.165) is 36.3 Å². The number of allylic oxidation sites excluding steroid dienone is 1. The molecule has 7 heteroatoms. The smallest absolute Gasteiger partial charge is 0.227 e. The molecule has 0 bridgehead atoms. The molecule has 0 radical (unpaired) electrons. The zero-order valence-corrected chi connectivity index (χ0v) is 20.9. The van der Waals surface area contributed by atoms with Crippen molar-refractivity contribution in [3.8, 4) is 0 Å². The van der Waals surface area contributed by atoms with Gasteiger partial charge in [-0.2, -0.15) is 9.97 Å². The molecule has 0 aliphatic carbocycles. The minimum Gasteiger partial charge on any atom is -0.350 e. The molecule has 7 nitrogen and oxygen atoms in total. The minimum absolute atomic E-state index is 0.220. The van der Waals surface area contributed by atoms with Gasteiger partial charge in [-0.3, -0.25) is 0 Å². The number of nitrogens with zero attached hydrogens (tertiary/aromatic N) is 5. The molecule has 1 aromatic carbocycles. The number of hydrogen-bond donors (Lipinski definition) is 2. The number of fused-ring (bicyclic) bond motifs is 1. The zero-order chi connectivity index (χ0) is 24.0. The highest BCUT2D eigenvalue weighted by atomic mass is 15.2. The third-order valence-electron chi connectivity index (χ3n) is 5.59. The van der Waals surface area contributed by atoms with E-state index in [1.54, 1.807) is 6.33 Å². The van der Waals surface area contributed by atoms with Crippen LogP contribution in [0.25, 0.3) is 11.2 Å². The first-order valence-electron chi connectivity index (χ1n) is 11.6. The first-order valence-corrected chi connectivity index (χ1v) is 11.6. The van der Waals surface area contributed by atoms with Crippen LogP contribution in [0.2, 0.25) is 0 Å². The molecular formula is C26H37N7. The molecule has 2 heterocycles. The van der Waals surface area contributed by atoms with Crippen molar-refractivity contribution in [3.05, 3.63) is 47.3 Å². The Bertz CT molecular complexity index is 1140. The molecule has 0 saturated carbocycles. The molecule has 2 N–H and O–H groups in total. The Morgan fingerprint density at radius 1 is 1.24 bits per heavy atom. The summed E-state index contributed by atoms with van der Waals surface area (Å²) in [6.07, 6.45) is 6.69. The van der Waals surface area contributed by atoms with Crippen LogP contribution in [0.5, 0.6) is 0 Å². The summed E-state index contributed by atoms with van der Waals surface area (Å²) in [6, 6.07) is 6.70. The molecule has 2 aromatic heterocycles. The Morgan fingerprint density at radius 3 is 2.70 bits per heavy atom. The molecule has 0 saturated heterocycles. The van der Waals surface area contributed by atoms with Crippen molar-refractivity contribution in [1.29, 1.82) is 0 Å². The first-order chi connectivity index (χ1) is 15.7.